The molecule has 0 saturated heterocycles. The lowest BCUT2D eigenvalue weighted by Gasteiger charge is -2.22. The molecule has 3 atom stereocenters. The summed E-state index contributed by atoms with van der Waals surface area (Å²) in [6, 6.07) is 0.366. The van der Waals surface area contributed by atoms with E-state index in [-0.39, 0.29) is 24.8 Å². The van der Waals surface area contributed by atoms with Crippen molar-refractivity contribution in [3.8, 4) is 0 Å². The second-order valence-electron chi connectivity index (χ2n) is 3.56. The van der Waals surface area contributed by atoms with E-state index in [2.05, 4.69) is 5.32 Å². The summed E-state index contributed by atoms with van der Waals surface area (Å²) in [6.07, 6.45) is 3.75. The van der Waals surface area contributed by atoms with E-state index in [1.54, 1.807) is 0 Å². The van der Waals surface area contributed by atoms with Crippen LogP contribution in [0.4, 0.5) is 0 Å². The first kappa shape index (κ1) is 9.96. The minimum absolute atomic E-state index is 0.155. The number of hydrogen-bond acceptors (Lipinski definition) is 3. The summed E-state index contributed by atoms with van der Waals surface area (Å²) < 4.78 is 0. The van der Waals surface area contributed by atoms with Gasteiger partial charge in [0.2, 0.25) is 0 Å². The molecule has 1 aliphatic rings. The molecule has 1 aliphatic carbocycles. The average Bonchev–Trinajstić information content (AvgIpc) is 2.47. The van der Waals surface area contributed by atoms with E-state index in [1.807, 2.05) is 6.92 Å². The third-order valence-corrected chi connectivity index (χ3v) is 2.64. The normalized spacial score (nSPS) is 32.2. The van der Waals surface area contributed by atoms with Gasteiger partial charge in [-0.05, 0) is 25.7 Å². The van der Waals surface area contributed by atoms with E-state index < -0.39 is 0 Å². The molecule has 0 spiro atoms. The number of hydrogen-bond donors (Lipinski definition) is 3. The van der Waals surface area contributed by atoms with Crippen LogP contribution in [0.1, 0.15) is 32.6 Å². The summed E-state index contributed by atoms with van der Waals surface area (Å²) in [7, 11) is 0. The van der Waals surface area contributed by atoms with Crippen LogP contribution in [0.3, 0.4) is 0 Å². The first-order valence-corrected chi connectivity index (χ1v) is 4.83. The van der Waals surface area contributed by atoms with E-state index >= 15 is 0 Å². The third kappa shape index (κ3) is 2.44. The zero-order valence-electron chi connectivity index (χ0n) is 7.66. The molecule has 0 aromatic heterocycles. The Hall–Kier alpha value is -0.120. The van der Waals surface area contributed by atoms with E-state index in [9.17, 15) is 5.11 Å². The van der Waals surface area contributed by atoms with Gasteiger partial charge in [-0.2, -0.15) is 0 Å². The predicted octanol–water partition coefficient (Wildman–Crippen LogP) is 0.260. The quantitative estimate of drug-likeness (QED) is 0.571. The topological polar surface area (TPSA) is 52.5 Å². The maximum absolute atomic E-state index is 9.48. The van der Waals surface area contributed by atoms with E-state index in [0.29, 0.717) is 0 Å². The van der Waals surface area contributed by atoms with Crippen molar-refractivity contribution in [3.63, 3.8) is 0 Å². The first-order chi connectivity index (χ1) is 5.77. The van der Waals surface area contributed by atoms with Crippen molar-refractivity contribution in [2.24, 2.45) is 0 Å². The molecule has 3 N–H and O–H groups in total. The fourth-order valence-corrected chi connectivity index (χ4v) is 1.74. The van der Waals surface area contributed by atoms with Gasteiger partial charge in [0.25, 0.3) is 0 Å². The van der Waals surface area contributed by atoms with Gasteiger partial charge in [0.15, 0.2) is 0 Å². The standard InChI is InChI=1S/C9H19NO2/c1-2-7(6-11)10-8-4-3-5-9(8)12/h7-12H,2-6H2,1H3/t7?,8-,9-/m1/s1. The Bertz CT molecular complexity index is 126. The summed E-state index contributed by atoms with van der Waals surface area (Å²) in [5.74, 6) is 0. The molecule has 72 valence electrons. The number of rotatable bonds is 4. The van der Waals surface area contributed by atoms with E-state index in [1.165, 1.54) is 0 Å². The smallest absolute Gasteiger partial charge is 0.0693 e. The van der Waals surface area contributed by atoms with Crippen molar-refractivity contribution in [1.82, 2.24) is 5.32 Å². The van der Waals surface area contributed by atoms with Crippen molar-refractivity contribution >= 4 is 0 Å². The lowest BCUT2D eigenvalue weighted by atomic mass is 10.1. The lowest BCUT2D eigenvalue weighted by molar-refractivity contribution is 0.131. The van der Waals surface area contributed by atoms with Crippen LogP contribution in [0.15, 0.2) is 0 Å². The Morgan fingerprint density at radius 1 is 1.50 bits per heavy atom. The fourth-order valence-electron chi connectivity index (χ4n) is 1.74. The summed E-state index contributed by atoms with van der Waals surface area (Å²) in [5.41, 5.74) is 0. The molecule has 1 fully saturated rings. The number of nitrogens with one attached hydrogen (secondary N) is 1. The molecule has 1 saturated carbocycles. The highest BCUT2D eigenvalue weighted by Crippen LogP contribution is 2.19. The molecule has 0 aromatic rings. The minimum atomic E-state index is -0.203. The highest BCUT2D eigenvalue weighted by Gasteiger charge is 2.26. The largest absolute Gasteiger partial charge is 0.395 e. The zero-order chi connectivity index (χ0) is 8.97. The van der Waals surface area contributed by atoms with Crippen LogP contribution in [0.25, 0.3) is 0 Å². The monoisotopic (exact) mass is 173 g/mol. The Kier molecular flexibility index (Phi) is 3.98. The highest BCUT2D eigenvalue weighted by atomic mass is 16.3. The van der Waals surface area contributed by atoms with Crippen LogP contribution in [0.2, 0.25) is 0 Å². The van der Waals surface area contributed by atoms with Crippen molar-refractivity contribution < 1.29 is 10.2 Å². The Morgan fingerprint density at radius 2 is 2.25 bits per heavy atom. The highest BCUT2D eigenvalue weighted by molar-refractivity contribution is 4.84. The van der Waals surface area contributed by atoms with Crippen LogP contribution in [-0.4, -0.2) is 35.0 Å². The van der Waals surface area contributed by atoms with Crippen molar-refractivity contribution in [2.75, 3.05) is 6.61 Å². The van der Waals surface area contributed by atoms with Gasteiger partial charge in [0.1, 0.15) is 0 Å². The van der Waals surface area contributed by atoms with Crippen molar-refractivity contribution in [1.29, 1.82) is 0 Å². The molecular weight excluding hydrogens is 154 g/mol. The first-order valence-electron chi connectivity index (χ1n) is 4.83. The van der Waals surface area contributed by atoms with Gasteiger partial charge in [-0.25, -0.2) is 0 Å². The van der Waals surface area contributed by atoms with Crippen LogP contribution < -0.4 is 5.32 Å². The van der Waals surface area contributed by atoms with Gasteiger partial charge in [-0.15, -0.1) is 0 Å². The van der Waals surface area contributed by atoms with Gasteiger partial charge in [-0.1, -0.05) is 6.92 Å². The second-order valence-corrected chi connectivity index (χ2v) is 3.56. The molecule has 3 heteroatoms. The second kappa shape index (κ2) is 4.80. The molecule has 0 aliphatic heterocycles. The summed E-state index contributed by atoms with van der Waals surface area (Å²) in [4.78, 5) is 0. The summed E-state index contributed by atoms with van der Waals surface area (Å²) in [5, 5.41) is 21.7. The summed E-state index contributed by atoms with van der Waals surface area (Å²) in [6.45, 7) is 2.20. The number of aliphatic hydroxyl groups excluding tert-OH is 2. The molecule has 0 heterocycles. The van der Waals surface area contributed by atoms with Gasteiger partial charge in [-0.3, -0.25) is 0 Å². The maximum atomic E-state index is 9.48. The van der Waals surface area contributed by atoms with Crippen molar-refractivity contribution in [2.45, 2.75) is 50.8 Å². The summed E-state index contributed by atoms with van der Waals surface area (Å²) >= 11 is 0. The van der Waals surface area contributed by atoms with Crippen LogP contribution in [0.5, 0.6) is 0 Å². The molecule has 1 unspecified atom stereocenters. The van der Waals surface area contributed by atoms with Gasteiger partial charge < -0.3 is 15.5 Å². The predicted molar refractivity (Wildman–Crippen MR) is 47.9 cm³/mol. The molecular formula is C9H19NO2. The zero-order valence-corrected chi connectivity index (χ0v) is 7.66. The van der Waals surface area contributed by atoms with Crippen molar-refractivity contribution in [3.05, 3.63) is 0 Å². The van der Waals surface area contributed by atoms with Gasteiger partial charge in [0, 0.05) is 12.1 Å². The van der Waals surface area contributed by atoms with Gasteiger partial charge >= 0.3 is 0 Å². The van der Waals surface area contributed by atoms with E-state index in [4.69, 9.17) is 5.11 Å². The molecule has 1 rings (SSSR count). The Labute approximate surface area is 73.8 Å². The molecule has 0 radical (unpaired) electrons. The maximum Gasteiger partial charge on any atom is 0.0693 e. The molecule has 0 bridgehead atoms. The lowest BCUT2D eigenvalue weighted by Crippen LogP contribution is -2.44. The third-order valence-electron chi connectivity index (χ3n) is 2.64. The molecule has 0 amide bonds. The number of aliphatic hydroxyl groups is 2. The average molecular weight is 173 g/mol. The molecule has 12 heavy (non-hydrogen) atoms. The fraction of sp³-hybridized carbons (Fsp3) is 1.00. The van der Waals surface area contributed by atoms with E-state index in [0.717, 1.165) is 25.7 Å². The van der Waals surface area contributed by atoms with Crippen LogP contribution in [-0.2, 0) is 0 Å². The Morgan fingerprint density at radius 3 is 2.67 bits per heavy atom. The minimum Gasteiger partial charge on any atom is -0.395 e. The molecule has 0 aromatic carbocycles. The van der Waals surface area contributed by atoms with Crippen LogP contribution in [0, 0.1) is 0 Å². The van der Waals surface area contributed by atoms with Gasteiger partial charge in [0.05, 0.1) is 12.7 Å². The SMILES string of the molecule is CCC(CO)N[C@@H]1CCC[C@H]1O. The molecule has 3 nitrogen and oxygen atoms in total. The van der Waals surface area contributed by atoms with Crippen LogP contribution >= 0.6 is 0 Å². The Balaban J connectivity index is 2.28.